The molecule has 0 saturated carbocycles. The first-order valence-corrected chi connectivity index (χ1v) is 8.72. The molecule has 2 unspecified atom stereocenters. The zero-order valence-corrected chi connectivity index (χ0v) is 15.2. The van der Waals surface area contributed by atoms with E-state index >= 15 is 0 Å². The van der Waals surface area contributed by atoms with Crippen molar-refractivity contribution in [3.8, 4) is 0 Å². The monoisotopic (exact) mass is 394 g/mol. The number of halogens is 2. The Labute approximate surface area is 151 Å². The molecule has 0 aromatic heterocycles. The van der Waals surface area contributed by atoms with E-state index in [0.29, 0.717) is 12.0 Å². The lowest BCUT2D eigenvalue weighted by Gasteiger charge is -2.35. The molecule has 0 spiro atoms. The van der Waals surface area contributed by atoms with Gasteiger partial charge in [-0.3, -0.25) is 4.79 Å². The summed E-state index contributed by atoms with van der Waals surface area (Å²) in [5.41, 5.74) is 0.805. The first kappa shape index (κ1) is 16.7. The van der Waals surface area contributed by atoms with Gasteiger partial charge in [0.25, 0.3) is 5.91 Å². The molecule has 0 bridgehead atoms. The second kappa shape index (κ2) is 6.80. The fraction of sp³-hybridized carbons (Fsp3) is 0.389. The maximum atomic E-state index is 12.8. The van der Waals surface area contributed by atoms with E-state index in [1.54, 1.807) is 0 Å². The Morgan fingerprint density at radius 1 is 1.13 bits per heavy atom. The van der Waals surface area contributed by atoms with Gasteiger partial charge < -0.3 is 10.2 Å². The number of benzene rings is 2. The molecule has 2 heterocycles. The molecule has 2 fully saturated rings. The fourth-order valence-corrected chi connectivity index (χ4v) is 4.14. The summed E-state index contributed by atoms with van der Waals surface area (Å²) in [6.07, 6.45) is 2.27. The van der Waals surface area contributed by atoms with Gasteiger partial charge >= 0.3 is 0 Å². The van der Waals surface area contributed by atoms with Crippen molar-refractivity contribution in [3.05, 3.63) is 46.4 Å². The smallest absolute Gasteiger partial charge is 0.253 e. The third-order valence-electron chi connectivity index (χ3n) is 4.99. The van der Waals surface area contributed by atoms with E-state index in [9.17, 15) is 4.79 Å². The normalized spacial score (nSPS) is 23.4. The largest absolute Gasteiger partial charge is 0.338 e. The predicted octanol–water partition coefficient (Wildman–Crippen LogP) is 3.85. The molecule has 2 aliphatic heterocycles. The number of carbonyl (C=O) groups is 1. The van der Waals surface area contributed by atoms with E-state index in [0.717, 1.165) is 46.9 Å². The molecule has 0 aliphatic carbocycles. The summed E-state index contributed by atoms with van der Waals surface area (Å²) in [6.45, 7) is 2.86. The minimum atomic E-state index is 0. The summed E-state index contributed by atoms with van der Waals surface area (Å²) >= 11 is 3.49. The van der Waals surface area contributed by atoms with Crippen LogP contribution in [0.15, 0.2) is 40.9 Å². The Morgan fingerprint density at radius 2 is 1.91 bits per heavy atom. The molecule has 2 aromatic carbocycles. The van der Waals surface area contributed by atoms with Gasteiger partial charge in [0.2, 0.25) is 0 Å². The Bertz CT molecular complexity index is 736. The second-order valence-corrected chi connectivity index (χ2v) is 7.27. The van der Waals surface area contributed by atoms with Gasteiger partial charge in [0.1, 0.15) is 0 Å². The molecular weight excluding hydrogens is 376 g/mol. The lowest BCUT2D eigenvalue weighted by molar-refractivity contribution is 0.0662. The van der Waals surface area contributed by atoms with Crippen molar-refractivity contribution in [2.45, 2.75) is 18.9 Å². The van der Waals surface area contributed by atoms with Crippen molar-refractivity contribution < 1.29 is 4.79 Å². The quantitative estimate of drug-likeness (QED) is 0.795. The summed E-state index contributed by atoms with van der Waals surface area (Å²) < 4.78 is 1.06. The van der Waals surface area contributed by atoms with Gasteiger partial charge in [-0.2, -0.15) is 0 Å². The highest BCUT2D eigenvalue weighted by atomic mass is 79.9. The fourth-order valence-electron chi connectivity index (χ4n) is 3.76. The summed E-state index contributed by atoms with van der Waals surface area (Å²) in [5.74, 6) is 0.810. The molecule has 1 N–H and O–H groups in total. The highest BCUT2D eigenvalue weighted by Crippen LogP contribution is 2.27. The molecule has 0 radical (unpaired) electrons. The maximum absolute atomic E-state index is 12.8. The Balaban J connectivity index is 0.00000156. The summed E-state index contributed by atoms with van der Waals surface area (Å²) in [6, 6.07) is 12.8. The number of amides is 1. The molecule has 2 saturated heterocycles. The lowest BCUT2D eigenvalue weighted by atomic mass is 9.93. The van der Waals surface area contributed by atoms with Crippen LogP contribution in [0.3, 0.4) is 0 Å². The number of rotatable bonds is 1. The SMILES string of the molecule is Cl.O=C(c1ccc2cc(Br)ccc2c1)N1CCC2NCCC2C1. The summed E-state index contributed by atoms with van der Waals surface area (Å²) in [4.78, 5) is 14.8. The summed E-state index contributed by atoms with van der Waals surface area (Å²) in [7, 11) is 0. The van der Waals surface area contributed by atoms with E-state index in [1.165, 1.54) is 6.42 Å². The van der Waals surface area contributed by atoms with Gasteiger partial charge in [-0.15, -0.1) is 12.4 Å². The van der Waals surface area contributed by atoms with Crippen molar-refractivity contribution >= 4 is 45.0 Å². The molecule has 2 aliphatic rings. The standard InChI is InChI=1S/C18H19BrN2O.ClH/c19-16-4-3-12-9-14(2-1-13(12)10-16)18(22)21-8-6-17-15(11-21)5-7-20-17;/h1-4,9-10,15,17,20H,5-8,11H2;1H. The van der Waals surface area contributed by atoms with Crippen molar-refractivity contribution in [2.75, 3.05) is 19.6 Å². The zero-order chi connectivity index (χ0) is 15.1. The molecule has 5 heteroatoms. The van der Waals surface area contributed by atoms with Crippen LogP contribution in [0.4, 0.5) is 0 Å². The van der Waals surface area contributed by atoms with Gasteiger partial charge in [-0.1, -0.05) is 28.1 Å². The average molecular weight is 396 g/mol. The molecule has 3 nitrogen and oxygen atoms in total. The minimum absolute atomic E-state index is 0. The molecule has 1 amide bonds. The number of piperidine rings is 1. The Hall–Kier alpha value is -1.10. The first-order valence-electron chi connectivity index (χ1n) is 7.93. The van der Waals surface area contributed by atoms with Crippen molar-refractivity contribution in [3.63, 3.8) is 0 Å². The van der Waals surface area contributed by atoms with E-state index in [2.05, 4.69) is 33.4 Å². The van der Waals surface area contributed by atoms with Crippen LogP contribution >= 0.6 is 28.3 Å². The highest BCUT2D eigenvalue weighted by Gasteiger charge is 2.34. The van der Waals surface area contributed by atoms with Gasteiger partial charge in [-0.25, -0.2) is 0 Å². The van der Waals surface area contributed by atoms with Crippen LogP contribution in [0.5, 0.6) is 0 Å². The van der Waals surface area contributed by atoms with E-state index in [1.807, 2.05) is 29.2 Å². The van der Waals surface area contributed by atoms with Gasteiger partial charge in [0.15, 0.2) is 0 Å². The number of fused-ring (bicyclic) bond motifs is 2. The van der Waals surface area contributed by atoms with Crippen LogP contribution in [0.1, 0.15) is 23.2 Å². The Morgan fingerprint density at radius 3 is 2.78 bits per heavy atom. The van der Waals surface area contributed by atoms with Gasteiger partial charge in [0, 0.05) is 29.2 Å². The van der Waals surface area contributed by atoms with E-state index < -0.39 is 0 Å². The van der Waals surface area contributed by atoms with Crippen LogP contribution in [0, 0.1) is 5.92 Å². The van der Waals surface area contributed by atoms with Crippen LogP contribution in [0.25, 0.3) is 10.8 Å². The van der Waals surface area contributed by atoms with Gasteiger partial charge in [0.05, 0.1) is 0 Å². The molecule has 122 valence electrons. The number of hydrogen-bond donors (Lipinski definition) is 1. The Kier molecular flexibility index (Phi) is 4.95. The van der Waals surface area contributed by atoms with Crippen LogP contribution in [0.2, 0.25) is 0 Å². The molecule has 2 atom stereocenters. The average Bonchev–Trinajstić information content (AvgIpc) is 3.01. The predicted molar refractivity (Wildman–Crippen MR) is 99.3 cm³/mol. The lowest BCUT2D eigenvalue weighted by Crippen LogP contribution is -2.46. The molecule has 2 aromatic rings. The molecule has 23 heavy (non-hydrogen) atoms. The molecular formula is C18H20BrClN2O. The van der Waals surface area contributed by atoms with E-state index in [4.69, 9.17) is 0 Å². The summed E-state index contributed by atoms with van der Waals surface area (Å²) in [5, 5.41) is 5.82. The number of likely N-dealkylation sites (tertiary alicyclic amines) is 1. The minimum Gasteiger partial charge on any atom is -0.338 e. The third-order valence-corrected chi connectivity index (χ3v) is 5.49. The van der Waals surface area contributed by atoms with Crippen molar-refractivity contribution in [1.82, 2.24) is 10.2 Å². The number of carbonyl (C=O) groups excluding carboxylic acids is 1. The third kappa shape index (κ3) is 3.25. The molecule has 4 rings (SSSR count). The topological polar surface area (TPSA) is 32.3 Å². The van der Waals surface area contributed by atoms with Gasteiger partial charge in [-0.05, 0) is 60.3 Å². The van der Waals surface area contributed by atoms with Crippen molar-refractivity contribution in [1.29, 1.82) is 0 Å². The number of nitrogens with one attached hydrogen (secondary N) is 1. The number of hydrogen-bond acceptors (Lipinski definition) is 2. The van der Waals surface area contributed by atoms with E-state index in [-0.39, 0.29) is 18.3 Å². The van der Waals surface area contributed by atoms with Crippen LogP contribution in [-0.2, 0) is 0 Å². The maximum Gasteiger partial charge on any atom is 0.253 e. The van der Waals surface area contributed by atoms with Crippen LogP contribution < -0.4 is 5.32 Å². The van der Waals surface area contributed by atoms with Crippen molar-refractivity contribution in [2.24, 2.45) is 5.92 Å². The highest BCUT2D eigenvalue weighted by molar-refractivity contribution is 9.10. The second-order valence-electron chi connectivity index (χ2n) is 6.36. The van der Waals surface area contributed by atoms with Crippen LogP contribution in [-0.4, -0.2) is 36.5 Å². The first-order chi connectivity index (χ1) is 10.7. The zero-order valence-electron chi connectivity index (χ0n) is 12.8. The number of nitrogens with zero attached hydrogens (tertiary/aromatic N) is 1.